The summed E-state index contributed by atoms with van der Waals surface area (Å²) < 4.78 is 0. The van der Waals surface area contributed by atoms with Gasteiger partial charge in [-0.25, -0.2) is 0 Å². The molecule has 0 amide bonds. The van der Waals surface area contributed by atoms with Gasteiger partial charge in [-0.15, -0.1) is 0 Å². The number of likely N-dealkylation sites (N-methyl/N-ethyl adjacent to an activating group) is 1. The second-order valence-electron chi connectivity index (χ2n) is 4.33. The molecule has 1 fully saturated rings. The van der Waals surface area contributed by atoms with Crippen LogP contribution in [0.2, 0.25) is 0 Å². The molecular formula is C10H19N3. The van der Waals surface area contributed by atoms with Crippen LogP contribution in [0.1, 0.15) is 26.2 Å². The molecule has 2 rings (SSSR count). The third-order valence-corrected chi connectivity index (χ3v) is 3.39. The minimum Gasteiger partial charge on any atom is -0.356 e. The van der Waals surface area contributed by atoms with Gasteiger partial charge in [0, 0.05) is 20.1 Å². The Morgan fingerprint density at radius 2 is 2.31 bits per heavy atom. The first-order valence-electron chi connectivity index (χ1n) is 5.25. The van der Waals surface area contributed by atoms with Crippen LogP contribution in [0.5, 0.6) is 0 Å². The molecule has 0 spiro atoms. The van der Waals surface area contributed by atoms with Crippen molar-refractivity contribution in [1.82, 2.24) is 10.2 Å². The molecule has 3 nitrogen and oxygen atoms in total. The molecular weight excluding hydrogens is 162 g/mol. The van der Waals surface area contributed by atoms with Crippen LogP contribution in [0.4, 0.5) is 0 Å². The highest BCUT2D eigenvalue weighted by Crippen LogP contribution is 2.47. The van der Waals surface area contributed by atoms with Crippen LogP contribution >= 0.6 is 0 Å². The van der Waals surface area contributed by atoms with Crippen LogP contribution in [0.25, 0.3) is 0 Å². The lowest BCUT2D eigenvalue weighted by molar-refractivity contribution is 0.460. The van der Waals surface area contributed by atoms with Gasteiger partial charge in [0.05, 0.1) is 6.54 Å². The van der Waals surface area contributed by atoms with Gasteiger partial charge in [-0.3, -0.25) is 4.99 Å². The lowest BCUT2D eigenvalue weighted by atomic mass is 10.0. The van der Waals surface area contributed by atoms with Crippen LogP contribution in [0.3, 0.4) is 0 Å². The Bertz CT molecular complexity index is 218. The standard InChI is InChI=1S/C10H19N3/c1-3-10(4-5-10)8-12-9-11-6-7-13(9)2/h3-8H2,1-2H3,(H,11,12). The smallest absolute Gasteiger partial charge is 0.193 e. The van der Waals surface area contributed by atoms with Gasteiger partial charge in [0.1, 0.15) is 0 Å². The van der Waals surface area contributed by atoms with Crippen LogP contribution in [0, 0.1) is 5.41 Å². The Morgan fingerprint density at radius 3 is 2.77 bits per heavy atom. The minimum absolute atomic E-state index is 0.617. The molecule has 0 aromatic rings. The minimum atomic E-state index is 0.617. The summed E-state index contributed by atoms with van der Waals surface area (Å²) in [7, 11) is 2.10. The number of hydrogen-bond donors (Lipinski definition) is 1. The first kappa shape index (κ1) is 8.85. The highest BCUT2D eigenvalue weighted by molar-refractivity contribution is 5.81. The molecule has 0 atom stereocenters. The average molecular weight is 181 g/mol. The summed E-state index contributed by atoms with van der Waals surface area (Å²) in [4.78, 5) is 6.61. The molecule has 0 saturated heterocycles. The molecule has 13 heavy (non-hydrogen) atoms. The zero-order chi connectivity index (χ0) is 9.31. The molecule has 1 heterocycles. The molecule has 0 radical (unpaired) electrons. The summed E-state index contributed by atoms with van der Waals surface area (Å²) in [6.45, 7) is 5.43. The Labute approximate surface area is 80.2 Å². The fourth-order valence-corrected chi connectivity index (χ4v) is 1.82. The van der Waals surface area contributed by atoms with E-state index in [2.05, 4.69) is 29.2 Å². The van der Waals surface area contributed by atoms with Gasteiger partial charge >= 0.3 is 0 Å². The van der Waals surface area contributed by atoms with Gasteiger partial charge in [0.25, 0.3) is 0 Å². The molecule has 1 aliphatic carbocycles. The molecule has 3 heteroatoms. The lowest BCUT2D eigenvalue weighted by Crippen LogP contribution is -2.38. The van der Waals surface area contributed by atoms with Crippen molar-refractivity contribution in [1.29, 1.82) is 0 Å². The molecule has 0 aromatic carbocycles. The molecule has 1 aliphatic heterocycles. The summed E-state index contributed by atoms with van der Waals surface area (Å²) in [5, 5.41) is 3.46. The van der Waals surface area contributed by atoms with Crippen molar-refractivity contribution in [2.45, 2.75) is 26.2 Å². The number of aliphatic imine (C=N–C) groups is 1. The van der Waals surface area contributed by atoms with Gasteiger partial charge in [-0.1, -0.05) is 6.92 Å². The number of nitrogens with one attached hydrogen (secondary N) is 1. The molecule has 2 aliphatic rings. The number of guanidine groups is 1. The van der Waals surface area contributed by atoms with Crippen molar-refractivity contribution in [3.8, 4) is 0 Å². The Kier molecular flexibility index (Phi) is 2.18. The van der Waals surface area contributed by atoms with E-state index in [0.717, 1.165) is 25.6 Å². The van der Waals surface area contributed by atoms with Crippen molar-refractivity contribution in [3.63, 3.8) is 0 Å². The van der Waals surface area contributed by atoms with Crippen molar-refractivity contribution < 1.29 is 0 Å². The quantitative estimate of drug-likeness (QED) is 0.705. The Balaban J connectivity index is 1.79. The van der Waals surface area contributed by atoms with Gasteiger partial charge < -0.3 is 10.2 Å². The SMILES string of the molecule is CCC1(CNC2=NCCN2C)CC1. The van der Waals surface area contributed by atoms with Crippen molar-refractivity contribution in [3.05, 3.63) is 0 Å². The van der Waals surface area contributed by atoms with Crippen molar-refractivity contribution >= 4 is 5.96 Å². The average Bonchev–Trinajstić information content (AvgIpc) is 2.82. The maximum atomic E-state index is 4.41. The van der Waals surface area contributed by atoms with Crippen LogP contribution in [-0.4, -0.2) is 37.5 Å². The monoisotopic (exact) mass is 181 g/mol. The van der Waals surface area contributed by atoms with E-state index in [1.54, 1.807) is 0 Å². The summed E-state index contributed by atoms with van der Waals surface area (Å²) in [6.07, 6.45) is 4.10. The third kappa shape index (κ3) is 1.79. The van der Waals surface area contributed by atoms with E-state index in [9.17, 15) is 0 Å². The van der Waals surface area contributed by atoms with Gasteiger partial charge in [0.2, 0.25) is 0 Å². The summed E-state index contributed by atoms with van der Waals surface area (Å²) in [6, 6.07) is 0. The molecule has 0 aromatic heterocycles. The van der Waals surface area contributed by atoms with E-state index in [1.165, 1.54) is 19.3 Å². The predicted molar refractivity (Wildman–Crippen MR) is 54.9 cm³/mol. The fourth-order valence-electron chi connectivity index (χ4n) is 1.82. The van der Waals surface area contributed by atoms with Crippen molar-refractivity contribution in [2.24, 2.45) is 10.4 Å². The zero-order valence-electron chi connectivity index (χ0n) is 8.64. The Hall–Kier alpha value is -0.730. The second-order valence-corrected chi connectivity index (χ2v) is 4.33. The van der Waals surface area contributed by atoms with Crippen LogP contribution < -0.4 is 5.32 Å². The number of rotatable bonds is 3. The largest absolute Gasteiger partial charge is 0.356 e. The van der Waals surface area contributed by atoms with Crippen LogP contribution in [-0.2, 0) is 0 Å². The fraction of sp³-hybridized carbons (Fsp3) is 0.900. The normalized spacial score (nSPS) is 24.5. The predicted octanol–water partition coefficient (Wildman–Crippen LogP) is 1.07. The zero-order valence-corrected chi connectivity index (χ0v) is 8.64. The first-order valence-corrected chi connectivity index (χ1v) is 5.25. The van der Waals surface area contributed by atoms with Crippen LogP contribution in [0.15, 0.2) is 4.99 Å². The topological polar surface area (TPSA) is 27.6 Å². The van der Waals surface area contributed by atoms with E-state index < -0.39 is 0 Å². The highest BCUT2D eigenvalue weighted by atomic mass is 15.3. The lowest BCUT2D eigenvalue weighted by Gasteiger charge is -2.19. The molecule has 74 valence electrons. The van der Waals surface area contributed by atoms with E-state index in [0.29, 0.717) is 5.41 Å². The van der Waals surface area contributed by atoms with E-state index in [-0.39, 0.29) is 0 Å². The third-order valence-electron chi connectivity index (χ3n) is 3.39. The summed E-state index contributed by atoms with van der Waals surface area (Å²) in [5.41, 5.74) is 0.617. The van der Waals surface area contributed by atoms with Gasteiger partial charge in [-0.2, -0.15) is 0 Å². The molecule has 0 bridgehead atoms. The van der Waals surface area contributed by atoms with Gasteiger partial charge in [-0.05, 0) is 24.7 Å². The molecule has 1 N–H and O–H groups in total. The molecule has 0 unspecified atom stereocenters. The maximum absolute atomic E-state index is 4.41. The Morgan fingerprint density at radius 1 is 1.54 bits per heavy atom. The number of hydrogen-bond acceptors (Lipinski definition) is 3. The van der Waals surface area contributed by atoms with Gasteiger partial charge in [0.15, 0.2) is 5.96 Å². The number of nitrogens with zero attached hydrogens (tertiary/aromatic N) is 2. The van der Waals surface area contributed by atoms with E-state index in [1.807, 2.05) is 0 Å². The maximum Gasteiger partial charge on any atom is 0.193 e. The van der Waals surface area contributed by atoms with E-state index in [4.69, 9.17) is 0 Å². The van der Waals surface area contributed by atoms with E-state index >= 15 is 0 Å². The summed E-state index contributed by atoms with van der Waals surface area (Å²) >= 11 is 0. The highest BCUT2D eigenvalue weighted by Gasteiger charge is 2.40. The first-order chi connectivity index (χ1) is 6.26. The second kappa shape index (κ2) is 3.20. The van der Waals surface area contributed by atoms with Crippen molar-refractivity contribution in [2.75, 3.05) is 26.7 Å². The summed E-state index contributed by atoms with van der Waals surface area (Å²) in [5.74, 6) is 1.10. The molecule has 1 saturated carbocycles.